The van der Waals surface area contributed by atoms with Gasteiger partial charge >= 0.3 is 0 Å². The van der Waals surface area contributed by atoms with Crippen molar-refractivity contribution in [3.8, 4) is 17.2 Å². The van der Waals surface area contributed by atoms with Crippen molar-refractivity contribution < 1.29 is 18.7 Å². The molecule has 1 amide bonds. The number of aromatic nitrogens is 2. The summed E-state index contributed by atoms with van der Waals surface area (Å²) >= 11 is 0. The van der Waals surface area contributed by atoms with Gasteiger partial charge in [0.25, 0.3) is 5.91 Å². The number of aryl methyl sites for hydroxylation is 1. The Labute approximate surface area is 180 Å². The molecule has 0 unspecified atom stereocenters. The maximum atomic E-state index is 14.2. The van der Waals surface area contributed by atoms with E-state index in [0.29, 0.717) is 29.8 Å². The Hall–Kier alpha value is -3.10. The van der Waals surface area contributed by atoms with Crippen molar-refractivity contribution in [3.05, 3.63) is 71.3 Å². The largest absolute Gasteiger partial charge is 0.493 e. The van der Waals surface area contributed by atoms with Crippen molar-refractivity contribution in [2.75, 3.05) is 13.7 Å². The first-order valence-corrected chi connectivity index (χ1v) is 9.10. The third-order valence-electron chi connectivity index (χ3n) is 4.34. The Morgan fingerprint density at radius 3 is 2.57 bits per heavy atom. The van der Waals surface area contributed by atoms with Crippen LogP contribution in [0.25, 0.3) is 0 Å². The minimum absolute atomic E-state index is 0. The zero-order chi connectivity index (χ0) is 20.8. The Balaban J connectivity index is 0.00000320. The molecule has 0 atom stereocenters. The van der Waals surface area contributed by atoms with E-state index in [1.165, 1.54) is 25.3 Å². The molecule has 1 aromatic heterocycles. The summed E-state index contributed by atoms with van der Waals surface area (Å²) in [7, 11) is 3.32. The van der Waals surface area contributed by atoms with E-state index in [-0.39, 0.29) is 36.4 Å². The van der Waals surface area contributed by atoms with Gasteiger partial charge in [0.15, 0.2) is 23.1 Å². The topological polar surface area (TPSA) is 91.4 Å². The average molecular weight is 435 g/mol. The molecule has 30 heavy (non-hydrogen) atoms. The first-order valence-electron chi connectivity index (χ1n) is 9.10. The van der Waals surface area contributed by atoms with Crippen molar-refractivity contribution in [2.24, 2.45) is 12.8 Å². The molecule has 0 aliphatic carbocycles. The molecule has 0 bridgehead atoms. The van der Waals surface area contributed by atoms with Gasteiger partial charge in [0.05, 0.1) is 13.3 Å². The highest BCUT2D eigenvalue weighted by molar-refractivity contribution is 5.94. The number of carbonyl (C=O) groups is 1. The van der Waals surface area contributed by atoms with E-state index in [1.807, 2.05) is 13.2 Å². The second-order valence-corrected chi connectivity index (χ2v) is 6.46. The van der Waals surface area contributed by atoms with Gasteiger partial charge in [-0.3, -0.25) is 9.48 Å². The average Bonchev–Trinajstić information content (AvgIpc) is 3.14. The first-order chi connectivity index (χ1) is 14.0. The molecule has 0 saturated carbocycles. The van der Waals surface area contributed by atoms with Gasteiger partial charge in [-0.25, -0.2) is 4.39 Å². The first kappa shape index (κ1) is 23.2. The van der Waals surface area contributed by atoms with Crippen LogP contribution in [0.4, 0.5) is 4.39 Å². The monoisotopic (exact) mass is 434 g/mol. The highest BCUT2D eigenvalue weighted by atomic mass is 35.5. The van der Waals surface area contributed by atoms with Crippen LogP contribution in [0.1, 0.15) is 21.5 Å². The minimum atomic E-state index is -0.540. The fraction of sp³-hybridized carbons (Fsp3) is 0.238. The van der Waals surface area contributed by atoms with Crippen molar-refractivity contribution in [2.45, 2.75) is 13.0 Å². The number of nitrogens with two attached hydrogens (primary N) is 1. The van der Waals surface area contributed by atoms with Crippen molar-refractivity contribution >= 4 is 18.3 Å². The number of halogens is 2. The van der Waals surface area contributed by atoms with Gasteiger partial charge in [0.1, 0.15) is 0 Å². The molecule has 0 saturated heterocycles. The Bertz CT molecular complexity index is 1010. The van der Waals surface area contributed by atoms with Crippen molar-refractivity contribution in [1.82, 2.24) is 15.1 Å². The molecule has 0 spiro atoms. The molecule has 0 aliphatic heterocycles. The molecule has 3 N–H and O–H groups in total. The molecular weight excluding hydrogens is 411 g/mol. The Morgan fingerprint density at radius 2 is 1.93 bits per heavy atom. The fourth-order valence-corrected chi connectivity index (χ4v) is 2.79. The molecule has 0 fully saturated rings. The summed E-state index contributed by atoms with van der Waals surface area (Å²) in [5.74, 6) is -0.151. The summed E-state index contributed by atoms with van der Waals surface area (Å²) < 4.78 is 26.9. The summed E-state index contributed by atoms with van der Waals surface area (Å²) in [6, 6.07) is 9.25. The lowest BCUT2D eigenvalue weighted by Gasteiger charge is -2.13. The number of nitrogens with one attached hydrogen (secondary N) is 1. The molecule has 2 aromatic carbocycles. The summed E-state index contributed by atoms with van der Waals surface area (Å²) in [6.45, 7) is 0.692. The van der Waals surface area contributed by atoms with E-state index in [0.717, 1.165) is 5.56 Å². The summed E-state index contributed by atoms with van der Waals surface area (Å²) in [4.78, 5) is 12.5. The van der Waals surface area contributed by atoms with Gasteiger partial charge < -0.3 is 20.5 Å². The molecule has 3 rings (SSSR count). The van der Waals surface area contributed by atoms with E-state index < -0.39 is 5.82 Å². The van der Waals surface area contributed by atoms with Gasteiger partial charge in [-0.15, -0.1) is 12.4 Å². The number of methoxy groups -OCH3 is 1. The SMILES string of the molecule is COc1ccc(C(=O)NCCc2cnn(C)c2)cc1Oc1ccc(CN)cc1F.Cl. The minimum Gasteiger partial charge on any atom is -0.493 e. The third-order valence-corrected chi connectivity index (χ3v) is 4.34. The second kappa shape index (κ2) is 10.6. The van der Waals surface area contributed by atoms with Crippen LogP contribution in [-0.4, -0.2) is 29.3 Å². The Morgan fingerprint density at radius 1 is 1.17 bits per heavy atom. The van der Waals surface area contributed by atoms with Crippen LogP contribution in [0, 0.1) is 5.82 Å². The van der Waals surface area contributed by atoms with Gasteiger partial charge in [-0.05, 0) is 47.9 Å². The lowest BCUT2D eigenvalue weighted by molar-refractivity contribution is 0.0953. The predicted molar refractivity (Wildman–Crippen MR) is 114 cm³/mol. The van der Waals surface area contributed by atoms with Gasteiger partial charge in [-0.1, -0.05) is 6.07 Å². The molecule has 0 aliphatic rings. The molecule has 3 aromatic rings. The predicted octanol–water partition coefficient (Wildman–Crippen LogP) is 3.21. The van der Waals surface area contributed by atoms with Crippen LogP contribution in [0.5, 0.6) is 17.2 Å². The summed E-state index contributed by atoms with van der Waals surface area (Å²) in [5, 5.41) is 6.95. The zero-order valence-corrected chi connectivity index (χ0v) is 17.5. The number of nitrogens with zero attached hydrogens (tertiary/aromatic N) is 2. The van der Waals surface area contributed by atoms with Gasteiger partial charge in [0, 0.05) is 31.9 Å². The molecule has 160 valence electrons. The maximum Gasteiger partial charge on any atom is 0.251 e. The highest BCUT2D eigenvalue weighted by Gasteiger charge is 2.14. The summed E-state index contributed by atoms with van der Waals surface area (Å²) in [5.41, 5.74) is 7.59. The number of benzene rings is 2. The van der Waals surface area contributed by atoms with Crippen LogP contribution < -0.4 is 20.5 Å². The second-order valence-electron chi connectivity index (χ2n) is 6.46. The van der Waals surface area contributed by atoms with Crippen molar-refractivity contribution in [3.63, 3.8) is 0 Å². The van der Waals surface area contributed by atoms with E-state index in [4.69, 9.17) is 15.2 Å². The lowest BCUT2D eigenvalue weighted by Crippen LogP contribution is -2.25. The molecule has 0 radical (unpaired) electrons. The molecule has 1 heterocycles. The van der Waals surface area contributed by atoms with E-state index in [1.54, 1.807) is 29.1 Å². The normalized spacial score (nSPS) is 10.3. The molecular formula is C21H24ClFN4O3. The van der Waals surface area contributed by atoms with Gasteiger partial charge in [0.2, 0.25) is 0 Å². The van der Waals surface area contributed by atoms with Crippen LogP contribution in [0.3, 0.4) is 0 Å². The highest BCUT2D eigenvalue weighted by Crippen LogP contribution is 2.33. The van der Waals surface area contributed by atoms with Crippen LogP contribution in [0.15, 0.2) is 48.8 Å². The van der Waals surface area contributed by atoms with Crippen LogP contribution >= 0.6 is 12.4 Å². The van der Waals surface area contributed by atoms with E-state index in [9.17, 15) is 9.18 Å². The van der Waals surface area contributed by atoms with E-state index in [2.05, 4.69) is 10.4 Å². The number of hydrogen-bond donors (Lipinski definition) is 2. The van der Waals surface area contributed by atoms with Crippen LogP contribution in [0.2, 0.25) is 0 Å². The molecule has 7 nitrogen and oxygen atoms in total. The number of ether oxygens (including phenoxy) is 2. The maximum absolute atomic E-state index is 14.2. The summed E-state index contributed by atoms with van der Waals surface area (Å²) in [6.07, 6.45) is 4.32. The standard InChI is InChI=1S/C21H23FN4O3.ClH/c1-26-13-15(12-25-26)7-8-24-21(27)16-4-6-19(28-2)20(10-16)29-18-5-3-14(11-23)9-17(18)22;/h3-6,9-10,12-13H,7-8,11,23H2,1-2H3,(H,24,27);1H. The van der Waals surface area contributed by atoms with Gasteiger partial charge in [-0.2, -0.15) is 5.10 Å². The zero-order valence-electron chi connectivity index (χ0n) is 16.7. The number of carbonyl (C=O) groups excluding carboxylic acids is 1. The smallest absolute Gasteiger partial charge is 0.251 e. The van der Waals surface area contributed by atoms with Crippen molar-refractivity contribution in [1.29, 1.82) is 0 Å². The third kappa shape index (κ3) is 5.71. The quantitative estimate of drug-likeness (QED) is 0.568. The lowest BCUT2D eigenvalue weighted by atomic mass is 10.1. The number of hydrogen-bond acceptors (Lipinski definition) is 5. The fourth-order valence-electron chi connectivity index (χ4n) is 2.79. The van der Waals surface area contributed by atoms with Crippen LogP contribution in [-0.2, 0) is 20.0 Å². The van der Waals surface area contributed by atoms with E-state index >= 15 is 0 Å². The molecule has 9 heteroatoms. The Kier molecular flexibility index (Phi) is 8.20. The number of amides is 1. The number of rotatable bonds is 8.